The highest BCUT2D eigenvalue weighted by molar-refractivity contribution is 8.76. The van der Waals surface area contributed by atoms with Gasteiger partial charge in [-0.25, -0.2) is 4.98 Å². The van der Waals surface area contributed by atoms with E-state index in [4.69, 9.17) is 24.3 Å². The number of amides is 5. The van der Waals surface area contributed by atoms with Gasteiger partial charge in [0.2, 0.25) is 35.5 Å². The van der Waals surface area contributed by atoms with E-state index in [1.54, 1.807) is 43.4 Å². The van der Waals surface area contributed by atoms with Gasteiger partial charge in [-0.3, -0.25) is 44.6 Å². The van der Waals surface area contributed by atoms with Crippen LogP contribution in [0, 0.1) is 76.9 Å². The molecule has 0 saturated carbocycles. The Balaban J connectivity index is -0.000000492. The van der Waals surface area contributed by atoms with Crippen molar-refractivity contribution in [2.75, 3.05) is 70.1 Å². The lowest BCUT2D eigenvalue weighted by molar-refractivity contribution is -0.253. The van der Waals surface area contributed by atoms with Crippen LogP contribution in [-0.4, -0.2) is 211 Å². The number of guanidine groups is 1. The number of aliphatic hydroxyl groups is 8. The quantitative estimate of drug-likeness (QED) is 0.0184. The summed E-state index contributed by atoms with van der Waals surface area (Å²) in [5, 5.41) is 92.4. The summed E-state index contributed by atoms with van der Waals surface area (Å²) >= 11 is 1.97. The highest BCUT2D eigenvalue weighted by atomic mass is 33.1. The number of aliphatic hydroxyl groups excluding tert-OH is 8. The number of aromatic nitrogens is 2. The van der Waals surface area contributed by atoms with Crippen LogP contribution in [-0.2, 0) is 68.7 Å². The number of rotatable bonds is 48. The minimum atomic E-state index is -1.47. The SMILES string of the molecule is C.C.C.C.C.CC(=O)CCCSSCCC(C)C.CC(C)C(C)CC(=O)NC1=NC2=NC[C@H]([C@@H](O)[C@H](C)O)CC2C(=O)N1.CC(C)C(C)CC(=O)NC1[C@H](O)OC(CO)[C@@H](O)[C@H]1O.CC(C)C(C)CC(=O)Nc1ccncc1.CCCCC1CCc2nc(C(C)C)sc2C1.CCCCCCCCc1ccc(CCC(CO)(CO)NC(=O)CC(C)C(C)C)cc1.COCCOCCC(C)C. The third-order valence-electron chi connectivity index (χ3n) is 24.3. The van der Waals surface area contributed by atoms with Crippen LogP contribution in [0.2, 0.25) is 0 Å². The highest BCUT2D eigenvalue weighted by Gasteiger charge is 2.45. The zero-order valence-corrected chi connectivity index (χ0v) is 85.8. The Kier molecular flexibility index (Phi) is 80.1. The van der Waals surface area contributed by atoms with Gasteiger partial charge in [0, 0.05) is 98.7 Å². The predicted molar refractivity (Wildman–Crippen MR) is 563 cm³/mol. The fourth-order valence-corrected chi connectivity index (χ4v) is 17.1. The number of ketones is 1. The van der Waals surface area contributed by atoms with E-state index >= 15 is 0 Å². The Morgan fingerprint density at radius 1 is 0.627 bits per heavy atom. The number of amidine groups is 1. The first-order valence-electron chi connectivity index (χ1n) is 48.3. The van der Waals surface area contributed by atoms with Crippen molar-refractivity contribution in [3.8, 4) is 0 Å². The van der Waals surface area contributed by atoms with E-state index in [0.717, 1.165) is 73.7 Å². The Bertz CT molecular complexity index is 3550. The van der Waals surface area contributed by atoms with Crippen LogP contribution in [0.3, 0.4) is 0 Å². The molecule has 0 radical (unpaired) electrons. The number of ether oxygens (including phenoxy) is 3. The zero-order valence-electron chi connectivity index (χ0n) is 83.3. The molecule has 5 heterocycles. The molecule has 3 aromatic rings. The van der Waals surface area contributed by atoms with Crippen molar-refractivity contribution in [2.24, 2.45) is 86.9 Å². The van der Waals surface area contributed by atoms with Crippen LogP contribution in [0.5, 0.6) is 0 Å². The second-order valence-electron chi connectivity index (χ2n) is 38.5. The van der Waals surface area contributed by atoms with Crippen molar-refractivity contribution < 1.29 is 83.8 Å². The highest BCUT2D eigenvalue weighted by Crippen LogP contribution is 2.36. The lowest BCUT2D eigenvalue weighted by Gasteiger charge is -2.40. The number of aliphatic imine (C=N–C) groups is 2. The van der Waals surface area contributed by atoms with E-state index in [9.17, 15) is 64.5 Å². The Morgan fingerprint density at radius 3 is 1.66 bits per heavy atom. The Morgan fingerprint density at radius 2 is 1.15 bits per heavy atom. The minimum Gasteiger partial charge on any atom is -0.394 e. The molecular weight excluding hydrogens is 1760 g/mol. The molecule has 7 rings (SSSR count). The number of Topliss-reactive ketones (excluding diaryl/α,β-unsaturated/α-hetero) is 1. The van der Waals surface area contributed by atoms with Gasteiger partial charge in [0.05, 0.1) is 67.4 Å². The van der Waals surface area contributed by atoms with Crippen LogP contribution in [0.4, 0.5) is 5.69 Å². The van der Waals surface area contributed by atoms with Crippen LogP contribution in [0.25, 0.3) is 0 Å². The zero-order chi connectivity index (χ0) is 97.3. The molecule has 1 aliphatic carbocycles. The number of thiazole rings is 1. The molecule has 1 aromatic carbocycles. The van der Waals surface area contributed by atoms with Crippen molar-refractivity contribution in [3.05, 3.63) is 75.5 Å². The fraction of sp³-hybridized carbons (Fsp3) is 0.790. The number of aryl methyl sites for hydroxylation is 3. The van der Waals surface area contributed by atoms with Crippen LogP contribution in [0.15, 0.2) is 58.8 Å². The largest absolute Gasteiger partial charge is 0.394 e. The van der Waals surface area contributed by atoms with E-state index in [-0.39, 0.29) is 116 Å². The smallest absolute Gasteiger partial charge is 0.237 e. The second kappa shape index (κ2) is 78.3. The topological polar surface area (TPSA) is 403 Å². The maximum Gasteiger partial charge on any atom is 0.237 e. The number of carbonyl (C=O) groups is 6. The molecular formula is C105H197N9O17S3. The molecule has 29 heteroatoms. The van der Waals surface area contributed by atoms with Gasteiger partial charge in [-0.2, -0.15) is 4.99 Å². The van der Waals surface area contributed by atoms with Gasteiger partial charge < -0.3 is 75.8 Å². The first-order valence-corrected chi connectivity index (χ1v) is 51.6. The molecule has 3 aliphatic heterocycles. The summed E-state index contributed by atoms with van der Waals surface area (Å²) in [6, 6.07) is 11.1. The van der Waals surface area contributed by atoms with Gasteiger partial charge in [0.15, 0.2) is 6.29 Å². The number of unbranched alkanes of at least 4 members (excludes halogenated alkanes) is 6. The molecule has 5 amide bonds. The lowest BCUT2D eigenvalue weighted by atomic mass is 9.84. The maximum absolute atomic E-state index is 12.4. The van der Waals surface area contributed by atoms with Crippen LogP contribution in [0.1, 0.15) is 350 Å². The molecule has 1 saturated heterocycles. The third kappa shape index (κ3) is 59.9. The number of hydrogen-bond acceptors (Lipinski definition) is 24. The fourth-order valence-electron chi connectivity index (χ4n) is 13.5. The molecule has 14 atom stereocenters. The van der Waals surface area contributed by atoms with Gasteiger partial charge >= 0.3 is 0 Å². The molecule has 8 unspecified atom stereocenters. The molecule has 0 spiro atoms. The summed E-state index contributed by atoms with van der Waals surface area (Å²) in [5.74, 6) is 7.24. The molecule has 1 fully saturated rings. The van der Waals surface area contributed by atoms with E-state index in [1.807, 2.05) is 60.6 Å². The molecule has 0 bridgehead atoms. The van der Waals surface area contributed by atoms with Crippen LogP contribution < -0.4 is 26.6 Å². The average molecular weight is 1950 g/mol. The van der Waals surface area contributed by atoms with Gasteiger partial charge in [0.1, 0.15) is 36.0 Å². The standard InChI is InChI=1S/C26H45NO3.C17H28N4O4.C14H23NS.C13H25NO6.C12H18N2O.C10H20OS2.C8H18O2.5CH4/c1-5-6-7-8-9-10-11-23-12-14-24(15-13-23)16-17-26(19-28,20-29)27-25(30)18-22(4)21(2)3;1-8(2)9(3)5-13(23)19-17-20-15-12(16(25)21-17)6-11(7-18-15)14(24)10(4)22;1-4-5-6-11-7-8-12-13(9-11)16-14(15-12)10(2)3;1-6(2)7(3)4-9(16)14-10-12(18)11(17)8(5-15)20-13(10)19;1-9(2)10(3)8-12(15)14-11-4-6-13-7-5-11;1-9(2)6-8-13-12-7-4-5-10(3)11;1-8(2)4-5-10-7-6-9-3;;;;;/h12-15,21-22,28-29H,5-11,16-20H2,1-4H3,(H,27,30);8-12,14,22,24H,5-7H2,1-4H3,(H2,18,19,20,21,23,25);10-11H,4-9H2,1-3H3;6-8,10-13,15,17-19H,4-5H2,1-3H3,(H,14,16);4-7,9-10H,8H2,1-3H3,(H,13,14,15);9H,4-8H2,1-3H3;8H,4-7H2,1-3H3;5*1H4/t;9?,10-,11+,12?,14-;;7?,8?,10?,11-,12+,13-;;;;;;;;/m.0.1......../s1. The number of methoxy groups -OCH3 is 1. The first-order chi connectivity index (χ1) is 61.0. The molecule has 26 nitrogen and oxygen atoms in total. The molecule has 782 valence electrons. The van der Waals surface area contributed by atoms with Crippen molar-refractivity contribution in [3.63, 3.8) is 0 Å². The number of fused-ring (bicyclic) bond motifs is 2. The molecule has 4 aliphatic rings. The Labute approximate surface area is 826 Å². The number of carbonyl (C=O) groups excluding carboxylic acids is 6. The number of hydrogen-bond donors (Lipinski definition) is 13. The van der Waals surface area contributed by atoms with E-state index < -0.39 is 60.9 Å². The van der Waals surface area contributed by atoms with Crippen molar-refractivity contribution in [2.45, 2.75) is 398 Å². The van der Waals surface area contributed by atoms with Crippen molar-refractivity contribution in [1.82, 2.24) is 31.2 Å². The summed E-state index contributed by atoms with van der Waals surface area (Å²) in [6.45, 7) is 47.3. The van der Waals surface area contributed by atoms with E-state index in [2.05, 4.69) is 177 Å². The maximum atomic E-state index is 12.4. The second-order valence-corrected chi connectivity index (χ2v) is 42.3. The van der Waals surface area contributed by atoms with Gasteiger partial charge in [0.25, 0.3) is 0 Å². The lowest BCUT2D eigenvalue weighted by Crippen LogP contribution is -2.64. The van der Waals surface area contributed by atoms with Gasteiger partial charge in [-0.1, -0.05) is 273 Å². The predicted octanol–water partition coefficient (Wildman–Crippen LogP) is 19.6. The minimum absolute atomic E-state index is 0. The number of nitrogens with one attached hydrogen (secondary N) is 5. The first kappa shape index (κ1) is 137. The summed E-state index contributed by atoms with van der Waals surface area (Å²) in [4.78, 5) is 89.6. The van der Waals surface area contributed by atoms with Gasteiger partial charge in [-0.15, -0.1) is 11.3 Å². The van der Waals surface area contributed by atoms with E-state index in [0.29, 0.717) is 98.8 Å². The summed E-state index contributed by atoms with van der Waals surface area (Å²) in [5.41, 5.74) is 3.79. The van der Waals surface area contributed by atoms with Crippen molar-refractivity contribution >= 4 is 85.7 Å². The van der Waals surface area contributed by atoms with Crippen molar-refractivity contribution in [1.29, 1.82) is 0 Å². The molecule has 13 N–H and O–H groups in total. The average Bonchev–Trinajstić information content (AvgIpc) is 0.940. The molecule has 134 heavy (non-hydrogen) atoms. The number of benzene rings is 1. The number of anilines is 1. The molecule has 2 aromatic heterocycles. The third-order valence-corrected chi connectivity index (χ3v) is 28.2. The monoisotopic (exact) mass is 1950 g/mol. The number of nitrogens with zero attached hydrogens (tertiary/aromatic N) is 4. The Hall–Kier alpha value is -5.38. The van der Waals surface area contributed by atoms with Gasteiger partial charge in [-0.05, 0) is 173 Å². The van der Waals surface area contributed by atoms with E-state index in [1.165, 1.54) is 112 Å². The normalized spacial score (nSPS) is 18.9. The number of pyridine rings is 1. The summed E-state index contributed by atoms with van der Waals surface area (Å²) in [6.07, 6.45) is 20.7. The summed E-state index contributed by atoms with van der Waals surface area (Å²) in [7, 11) is 5.53. The summed E-state index contributed by atoms with van der Waals surface area (Å²) < 4.78 is 15.0. The van der Waals surface area contributed by atoms with Crippen LogP contribution >= 0.6 is 32.9 Å².